The van der Waals surface area contributed by atoms with Gasteiger partial charge >= 0.3 is 18.6 Å². The first-order valence-electron chi connectivity index (χ1n) is 10.6. The summed E-state index contributed by atoms with van der Waals surface area (Å²) in [5.41, 5.74) is 0. The molecule has 0 spiro atoms. The molecule has 1 aliphatic heterocycles. The van der Waals surface area contributed by atoms with E-state index in [1.165, 1.54) is 10.5 Å². The number of piperazine rings is 1. The SMILES string of the molecule is CCO[Si](CCCN(C)C[Si]C(C)=C(N1CCN(C)CC1)[Si](OC)OC)OCC. The van der Waals surface area contributed by atoms with Gasteiger partial charge in [-0.1, -0.05) is 5.20 Å². The van der Waals surface area contributed by atoms with E-state index in [0.717, 1.165) is 74.1 Å². The van der Waals surface area contributed by atoms with Crippen molar-refractivity contribution in [3.63, 3.8) is 0 Å². The summed E-state index contributed by atoms with van der Waals surface area (Å²) in [7, 11) is 6.18. The molecule has 1 heterocycles. The monoisotopic (exact) mass is 459 g/mol. The van der Waals surface area contributed by atoms with Gasteiger partial charge in [0.1, 0.15) is 0 Å². The minimum Gasteiger partial charge on any atom is -0.394 e. The molecule has 1 rings (SSSR count). The molecule has 0 bridgehead atoms. The van der Waals surface area contributed by atoms with Gasteiger partial charge in [-0.05, 0) is 60.0 Å². The van der Waals surface area contributed by atoms with Gasteiger partial charge in [0, 0.05) is 53.6 Å². The van der Waals surface area contributed by atoms with E-state index in [4.69, 9.17) is 17.7 Å². The van der Waals surface area contributed by atoms with Gasteiger partial charge in [-0.2, -0.15) is 0 Å². The molecule has 0 aromatic heterocycles. The van der Waals surface area contributed by atoms with Crippen LogP contribution in [0.15, 0.2) is 10.5 Å². The first-order valence-corrected chi connectivity index (χ1v) is 14.6. The molecule has 0 saturated carbocycles. The molecule has 0 aliphatic carbocycles. The average molecular weight is 460 g/mol. The topological polar surface area (TPSA) is 46.6 Å². The molecule has 1 aliphatic rings. The fourth-order valence-corrected chi connectivity index (χ4v) is 7.61. The van der Waals surface area contributed by atoms with Gasteiger partial charge in [-0.15, -0.1) is 0 Å². The summed E-state index contributed by atoms with van der Waals surface area (Å²) in [5, 5.41) is 2.74. The first kappa shape index (κ1) is 27.0. The lowest BCUT2D eigenvalue weighted by atomic mass is 10.3. The molecule has 4 radical (unpaired) electrons. The van der Waals surface area contributed by atoms with Crippen LogP contribution in [0.5, 0.6) is 0 Å². The lowest BCUT2D eigenvalue weighted by Crippen LogP contribution is -2.48. The molecule has 0 unspecified atom stereocenters. The van der Waals surface area contributed by atoms with Gasteiger partial charge in [-0.25, -0.2) is 0 Å². The van der Waals surface area contributed by atoms with Crippen molar-refractivity contribution in [2.75, 3.05) is 80.4 Å². The van der Waals surface area contributed by atoms with Gasteiger partial charge in [0.25, 0.3) is 0 Å². The highest BCUT2D eigenvalue weighted by molar-refractivity contribution is 6.58. The molecular formula is C19H41N3O4Si3. The Hall–Kier alpha value is -0.0494. The molecule has 0 aromatic rings. The van der Waals surface area contributed by atoms with Crippen LogP contribution in [0.1, 0.15) is 27.2 Å². The predicted octanol–water partition coefficient (Wildman–Crippen LogP) is 1.33. The van der Waals surface area contributed by atoms with Gasteiger partial charge in [-0.3, -0.25) is 0 Å². The summed E-state index contributed by atoms with van der Waals surface area (Å²) in [4.78, 5) is 7.29. The van der Waals surface area contributed by atoms with Crippen molar-refractivity contribution in [2.24, 2.45) is 0 Å². The van der Waals surface area contributed by atoms with Crippen LogP contribution in [-0.2, 0) is 17.7 Å². The zero-order chi connectivity index (χ0) is 21.6. The van der Waals surface area contributed by atoms with E-state index in [0.29, 0.717) is 0 Å². The standard InChI is InChI=1S/C19H41N3O4Si3/c1-8-25-28(26-9-2)16-10-11-21(5)17-27-18(3)19(29(23-6)24-7)22-14-12-20(4)13-15-22/h8-17H2,1-7H3. The summed E-state index contributed by atoms with van der Waals surface area (Å²) in [6.07, 6.45) is 2.19. The van der Waals surface area contributed by atoms with E-state index in [1.807, 2.05) is 13.8 Å². The average Bonchev–Trinajstić information content (AvgIpc) is 2.71. The van der Waals surface area contributed by atoms with Crippen LogP contribution in [0.25, 0.3) is 0 Å². The van der Waals surface area contributed by atoms with Gasteiger partial charge in [0.15, 0.2) is 0 Å². The number of hydrogen-bond donors (Lipinski definition) is 0. The Labute approximate surface area is 184 Å². The second-order valence-corrected chi connectivity index (χ2v) is 12.3. The molecule has 1 fully saturated rings. The lowest BCUT2D eigenvalue weighted by molar-refractivity contribution is 0.180. The molecule has 1 saturated heterocycles. The van der Waals surface area contributed by atoms with Crippen LogP contribution in [0.2, 0.25) is 6.04 Å². The highest BCUT2D eigenvalue weighted by Crippen LogP contribution is 2.17. The summed E-state index contributed by atoms with van der Waals surface area (Å²) >= 11 is 0. The Balaban J connectivity index is 2.58. The Morgan fingerprint density at radius 1 is 1.03 bits per heavy atom. The number of likely N-dealkylation sites (N-methyl/N-ethyl adjacent to an activating group) is 1. The van der Waals surface area contributed by atoms with Crippen molar-refractivity contribution >= 4 is 28.1 Å². The molecule has 0 N–H and O–H groups in total. The third-order valence-electron chi connectivity index (χ3n) is 4.88. The summed E-state index contributed by atoms with van der Waals surface area (Å²) in [6.45, 7) is 13.2. The number of nitrogens with zero attached hydrogens (tertiary/aromatic N) is 3. The summed E-state index contributed by atoms with van der Waals surface area (Å²) in [5.74, 6) is 0. The Kier molecular flexibility index (Phi) is 14.6. The number of rotatable bonds is 15. The van der Waals surface area contributed by atoms with Gasteiger partial charge in [0.05, 0.1) is 14.8 Å². The van der Waals surface area contributed by atoms with Crippen molar-refractivity contribution in [3.05, 3.63) is 10.5 Å². The van der Waals surface area contributed by atoms with E-state index in [2.05, 4.69) is 35.7 Å². The molecule has 10 heteroatoms. The first-order chi connectivity index (χ1) is 14.0. The third-order valence-corrected chi connectivity index (χ3v) is 10.4. The van der Waals surface area contributed by atoms with Crippen LogP contribution < -0.4 is 0 Å². The van der Waals surface area contributed by atoms with Crippen LogP contribution in [0, 0.1) is 0 Å². The number of allylic oxidation sites excluding steroid dienone is 1. The fraction of sp³-hybridized carbons (Fsp3) is 0.895. The molecule has 7 nitrogen and oxygen atoms in total. The maximum Gasteiger partial charge on any atom is 0.440 e. The van der Waals surface area contributed by atoms with Crippen LogP contribution in [-0.4, -0.2) is 123 Å². The van der Waals surface area contributed by atoms with Crippen molar-refractivity contribution < 1.29 is 17.7 Å². The minimum atomic E-state index is -1.42. The van der Waals surface area contributed by atoms with E-state index < -0.39 is 18.6 Å². The largest absolute Gasteiger partial charge is 0.440 e. The van der Waals surface area contributed by atoms with E-state index >= 15 is 0 Å². The maximum atomic E-state index is 5.74. The highest BCUT2D eigenvalue weighted by atomic mass is 28.3. The molecule has 0 aromatic carbocycles. The quantitative estimate of drug-likeness (QED) is 0.342. The molecule has 168 valence electrons. The van der Waals surface area contributed by atoms with E-state index in [-0.39, 0.29) is 0 Å². The van der Waals surface area contributed by atoms with Crippen molar-refractivity contribution in [1.29, 1.82) is 0 Å². The normalized spacial score (nSPS) is 17.0. The summed E-state index contributed by atoms with van der Waals surface area (Å²) in [6, 6.07) is 1.04. The lowest BCUT2D eigenvalue weighted by Gasteiger charge is -2.37. The summed E-state index contributed by atoms with van der Waals surface area (Å²) < 4.78 is 23.0. The smallest absolute Gasteiger partial charge is 0.394 e. The van der Waals surface area contributed by atoms with E-state index in [1.54, 1.807) is 14.2 Å². The fourth-order valence-electron chi connectivity index (χ4n) is 3.24. The second-order valence-electron chi connectivity index (χ2n) is 7.22. The van der Waals surface area contributed by atoms with Crippen molar-refractivity contribution in [3.8, 4) is 0 Å². The van der Waals surface area contributed by atoms with Crippen molar-refractivity contribution in [1.82, 2.24) is 14.7 Å². The third kappa shape index (κ3) is 10.2. The van der Waals surface area contributed by atoms with Crippen LogP contribution in [0.4, 0.5) is 0 Å². The number of hydrogen-bond acceptors (Lipinski definition) is 7. The maximum absolute atomic E-state index is 5.74. The zero-order valence-corrected chi connectivity index (χ0v) is 22.5. The Morgan fingerprint density at radius 2 is 1.62 bits per heavy atom. The molecular weight excluding hydrogens is 418 g/mol. The van der Waals surface area contributed by atoms with Gasteiger partial charge in [0.2, 0.25) is 0 Å². The van der Waals surface area contributed by atoms with Crippen molar-refractivity contribution in [2.45, 2.75) is 33.2 Å². The minimum absolute atomic E-state index is 0.744. The van der Waals surface area contributed by atoms with Crippen LogP contribution >= 0.6 is 0 Å². The van der Waals surface area contributed by atoms with E-state index in [9.17, 15) is 0 Å². The molecule has 0 amide bonds. The van der Waals surface area contributed by atoms with Gasteiger partial charge < -0.3 is 32.4 Å². The zero-order valence-electron chi connectivity index (χ0n) is 19.5. The highest BCUT2D eigenvalue weighted by Gasteiger charge is 2.29. The molecule has 0 atom stereocenters. The predicted molar refractivity (Wildman–Crippen MR) is 123 cm³/mol. The van der Waals surface area contributed by atoms with Crippen LogP contribution in [0.3, 0.4) is 0 Å². The molecule has 29 heavy (non-hydrogen) atoms. The second kappa shape index (κ2) is 15.7. The Morgan fingerprint density at radius 3 is 2.14 bits per heavy atom. The Bertz CT molecular complexity index is 456.